The van der Waals surface area contributed by atoms with Gasteiger partial charge in [-0.2, -0.15) is 10.2 Å². The van der Waals surface area contributed by atoms with Crippen molar-refractivity contribution >= 4 is 27.4 Å². The van der Waals surface area contributed by atoms with E-state index in [-0.39, 0.29) is 16.3 Å². The van der Waals surface area contributed by atoms with Crippen molar-refractivity contribution in [3.05, 3.63) is 18.2 Å². The van der Waals surface area contributed by atoms with Crippen LogP contribution in [0.3, 0.4) is 0 Å². The van der Waals surface area contributed by atoms with E-state index in [9.17, 15) is 23.1 Å². The van der Waals surface area contributed by atoms with Gasteiger partial charge in [0.25, 0.3) is 5.91 Å². The van der Waals surface area contributed by atoms with Crippen molar-refractivity contribution in [3.8, 4) is 5.75 Å². The number of hydrogen-bond donors (Lipinski definition) is 3. The van der Waals surface area contributed by atoms with Gasteiger partial charge in [-0.15, -0.1) is 0 Å². The van der Waals surface area contributed by atoms with Gasteiger partial charge in [0.05, 0.1) is 4.90 Å². The van der Waals surface area contributed by atoms with Gasteiger partial charge in [-0.25, -0.2) is 13.1 Å². The quantitative estimate of drug-likeness (QED) is 0.348. The minimum atomic E-state index is -3.75. The van der Waals surface area contributed by atoms with Crippen LogP contribution >= 0.6 is 0 Å². The summed E-state index contributed by atoms with van der Waals surface area (Å²) in [5, 5.41) is 20.1. The van der Waals surface area contributed by atoms with Gasteiger partial charge in [-0.05, 0) is 44.5 Å². The van der Waals surface area contributed by atoms with Gasteiger partial charge in [0.1, 0.15) is 11.4 Å². The summed E-state index contributed by atoms with van der Waals surface area (Å²) in [7, 11) is -2.49. The highest BCUT2D eigenvalue weighted by Crippen LogP contribution is 2.29. The zero-order valence-corrected chi connectivity index (χ0v) is 18.1. The predicted octanol–water partition coefficient (Wildman–Crippen LogP) is 2.67. The Bertz CT molecular complexity index is 839. The molecular formula is C19H30N4O5S. The van der Waals surface area contributed by atoms with E-state index in [0.717, 1.165) is 37.8 Å². The molecule has 1 rings (SSSR count). The summed E-state index contributed by atoms with van der Waals surface area (Å²) in [5.41, 5.74) is -0.158. The van der Waals surface area contributed by atoms with Crippen molar-refractivity contribution in [2.75, 3.05) is 13.6 Å². The van der Waals surface area contributed by atoms with Crippen molar-refractivity contribution in [1.29, 1.82) is 0 Å². The third-order valence-corrected chi connectivity index (χ3v) is 5.96. The normalized spacial score (nSPS) is 13.9. The van der Waals surface area contributed by atoms with Crippen LogP contribution in [0.4, 0.5) is 5.69 Å². The van der Waals surface area contributed by atoms with Crippen LogP contribution < -0.4 is 10.0 Å². The van der Waals surface area contributed by atoms with Crippen molar-refractivity contribution in [3.63, 3.8) is 0 Å². The Morgan fingerprint density at radius 1 is 1.24 bits per heavy atom. The van der Waals surface area contributed by atoms with Gasteiger partial charge >= 0.3 is 0 Å². The summed E-state index contributed by atoms with van der Waals surface area (Å²) in [6.07, 6.45) is 4.03. The molecule has 162 valence electrons. The summed E-state index contributed by atoms with van der Waals surface area (Å²) < 4.78 is 25.9. The van der Waals surface area contributed by atoms with Crippen molar-refractivity contribution in [2.24, 2.45) is 16.1 Å². The minimum Gasteiger partial charge on any atom is -0.506 e. The Balaban J connectivity index is 2.96. The van der Waals surface area contributed by atoms with Crippen LogP contribution in [0.1, 0.15) is 46.5 Å². The molecule has 10 heteroatoms. The molecule has 9 nitrogen and oxygen atoms in total. The molecule has 2 unspecified atom stereocenters. The number of amides is 1. The molecule has 0 saturated heterocycles. The Morgan fingerprint density at radius 2 is 1.93 bits per heavy atom. The summed E-state index contributed by atoms with van der Waals surface area (Å²) in [4.78, 5) is 24.1. The van der Waals surface area contributed by atoms with Gasteiger partial charge in [0.2, 0.25) is 16.1 Å². The molecule has 29 heavy (non-hydrogen) atoms. The number of carbonyl (C=O) groups excluding carboxylic acids is 2. The largest absolute Gasteiger partial charge is 0.506 e. The molecule has 0 heterocycles. The second-order valence-electron chi connectivity index (χ2n) is 6.75. The molecule has 3 N–H and O–H groups in total. The summed E-state index contributed by atoms with van der Waals surface area (Å²) >= 11 is 0. The number of azo groups is 1. The smallest absolute Gasteiger partial charge is 0.254 e. The van der Waals surface area contributed by atoms with Crippen LogP contribution in [0.2, 0.25) is 0 Å². The highest BCUT2D eigenvalue weighted by molar-refractivity contribution is 7.89. The summed E-state index contributed by atoms with van der Waals surface area (Å²) in [6, 6.07) is 2.09. The Hall–Kier alpha value is -2.33. The van der Waals surface area contributed by atoms with E-state index in [2.05, 4.69) is 27.2 Å². The fourth-order valence-electron chi connectivity index (χ4n) is 2.59. The molecule has 0 saturated carbocycles. The Morgan fingerprint density at radius 3 is 2.48 bits per heavy atom. The van der Waals surface area contributed by atoms with Crippen molar-refractivity contribution in [1.82, 2.24) is 10.0 Å². The van der Waals surface area contributed by atoms with Crippen molar-refractivity contribution in [2.45, 2.75) is 57.4 Å². The molecule has 0 aromatic heterocycles. The van der Waals surface area contributed by atoms with Crippen LogP contribution in [-0.2, 0) is 19.6 Å². The van der Waals surface area contributed by atoms with E-state index in [0.29, 0.717) is 12.5 Å². The number of hydrogen-bond acceptors (Lipinski definition) is 7. The summed E-state index contributed by atoms with van der Waals surface area (Å²) in [5.74, 6) is -1.09. The second kappa shape index (κ2) is 11.6. The zero-order valence-electron chi connectivity index (χ0n) is 17.3. The lowest BCUT2D eigenvalue weighted by atomic mass is 9.99. The number of rotatable bonds is 12. The molecule has 1 aromatic rings. The molecule has 0 radical (unpaired) electrons. The fourth-order valence-corrected chi connectivity index (χ4v) is 3.34. The van der Waals surface area contributed by atoms with E-state index >= 15 is 0 Å². The lowest BCUT2D eigenvalue weighted by molar-refractivity contribution is -0.129. The first-order chi connectivity index (χ1) is 13.7. The second-order valence-corrected chi connectivity index (χ2v) is 8.63. The molecule has 0 aliphatic rings. The third kappa shape index (κ3) is 7.54. The average molecular weight is 427 g/mol. The summed E-state index contributed by atoms with van der Waals surface area (Å²) in [6.45, 7) is 5.81. The average Bonchev–Trinajstić information content (AvgIpc) is 2.69. The standard InChI is InChI=1S/C19H30N4O5S/c1-5-7-8-14(6-2)12-21-19(26)18(13(3)24)23-22-16-11-15(9-10-17(16)25)29(27,28)20-4/h9-11,14,18,20,25H,5-8,12H2,1-4H3,(H,21,26). The molecular weight excluding hydrogens is 396 g/mol. The number of ketones is 1. The molecule has 0 bridgehead atoms. The van der Waals surface area contributed by atoms with Gasteiger partial charge in [0.15, 0.2) is 5.78 Å². The predicted molar refractivity (Wildman–Crippen MR) is 110 cm³/mol. The monoisotopic (exact) mass is 426 g/mol. The molecule has 0 aliphatic carbocycles. The number of sulfonamides is 1. The maximum Gasteiger partial charge on any atom is 0.254 e. The number of unbranched alkanes of at least 4 members (excludes halogenated alkanes) is 1. The first kappa shape index (κ1) is 24.7. The topological polar surface area (TPSA) is 137 Å². The maximum absolute atomic E-state index is 12.4. The zero-order chi connectivity index (χ0) is 22.0. The van der Waals surface area contributed by atoms with Crippen LogP contribution in [0.5, 0.6) is 5.75 Å². The van der Waals surface area contributed by atoms with Gasteiger partial charge in [-0.3, -0.25) is 9.59 Å². The Labute approximate surface area is 172 Å². The van der Waals surface area contributed by atoms with Crippen LogP contribution in [0, 0.1) is 5.92 Å². The lowest BCUT2D eigenvalue weighted by Gasteiger charge is -2.16. The molecule has 0 spiro atoms. The van der Waals surface area contributed by atoms with E-state index in [1.807, 2.05) is 6.92 Å². The van der Waals surface area contributed by atoms with E-state index in [1.54, 1.807) is 0 Å². The molecule has 1 amide bonds. The Kier molecular flexibility index (Phi) is 9.90. The number of aromatic hydroxyl groups is 1. The van der Waals surface area contributed by atoms with Gasteiger partial charge in [-0.1, -0.05) is 33.1 Å². The van der Waals surface area contributed by atoms with Crippen LogP contribution in [0.25, 0.3) is 0 Å². The van der Waals surface area contributed by atoms with E-state index < -0.39 is 27.8 Å². The van der Waals surface area contributed by atoms with Gasteiger partial charge < -0.3 is 10.4 Å². The fraction of sp³-hybridized carbons (Fsp3) is 0.579. The SMILES string of the molecule is CCCCC(CC)CNC(=O)C(N=Nc1cc(S(=O)(=O)NC)ccc1O)C(C)=O. The molecule has 0 aliphatic heterocycles. The maximum atomic E-state index is 12.4. The number of nitrogens with zero attached hydrogens (tertiary/aromatic N) is 2. The number of nitrogens with one attached hydrogen (secondary N) is 2. The highest BCUT2D eigenvalue weighted by atomic mass is 32.2. The highest BCUT2D eigenvalue weighted by Gasteiger charge is 2.24. The molecule has 2 atom stereocenters. The number of carbonyl (C=O) groups is 2. The van der Waals surface area contributed by atoms with Gasteiger partial charge in [0, 0.05) is 6.54 Å². The van der Waals surface area contributed by atoms with Crippen LogP contribution in [-0.4, -0.2) is 44.8 Å². The van der Waals surface area contributed by atoms with Crippen LogP contribution in [0.15, 0.2) is 33.3 Å². The first-order valence-corrected chi connectivity index (χ1v) is 11.1. The lowest BCUT2D eigenvalue weighted by Crippen LogP contribution is -2.39. The number of phenolic OH excluding ortho intramolecular Hbond substituents is 1. The number of phenols is 1. The van der Waals surface area contributed by atoms with E-state index in [4.69, 9.17) is 0 Å². The molecule has 0 fully saturated rings. The number of Topliss-reactive ketones (excluding diaryl/α,β-unsaturated/α-hetero) is 1. The minimum absolute atomic E-state index is 0.128. The number of benzene rings is 1. The molecule has 1 aromatic carbocycles. The first-order valence-electron chi connectivity index (χ1n) is 9.61. The third-order valence-electron chi connectivity index (χ3n) is 4.55. The van der Waals surface area contributed by atoms with E-state index in [1.165, 1.54) is 20.0 Å². The van der Waals surface area contributed by atoms with Crippen molar-refractivity contribution < 1.29 is 23.1 Å².